The number of hydrogen-bond acceptors (Lipinski definition) is 9. The summed E-state index contributed by atoms with van der Waals surface area (Å²) in [6.07, 6.45) is 0.681. The molecule has 0 aromatic heterocycles. The zero-order valence-corrected chi connectivity index (χ0v) is 26.8. The third-order valence-electron chi connectivity index (χ3n) is 7.51. The molecule has 244 valence electrons. The van der Waals surface area contributed by atoms with Crippen LogP contribution in [-0.4, -0.2) is 75.3 Å². The van der Waals surface area contributed by atoms with Gasteiger partial charge in [0.2, 0.25) is 21.7 Å². The van der Waals surface area contributed by atoms with Crippen molar-refractivity contribution in [1.29, 1.82) is 0 Å². The van der Waals surface area contributed by atoms with Crippen molar-refractivity contribution in [2.75, 3.05) is 32.8 Å². The predicted octanol–water partition coefficient (Wildman–Crippen LogP) is 2.63. The Balaban J connectivity index is 1.21. The van der Waals surface area contributed by atoms with E-state index in [1.807, 2.05) is 53.7 Å². The number of hydrogen-bond donors (Lipinski definition) is 3. The van der Waals surface area contributed by atoms with E-state index in [1.54, 1.807) is 0 Å². The third-order valence-corrected chi connectivity index (χ3v) is 10.3. The van der Waals surface area contributed by atoms with Crippen molar-refractivity contribution in [3.8, 4) is 11.5 Å². The van der Waals surface area contributed by atoms with E-state index in [2.05, 4.69) is 15.4 Å². The van der Waals surface area contributed by atoms with Crippen molar-refractivity contribution in [1.82, 2.24) is 19.7 Å². The molecule has 0 fully saturated rings. The second kappa shape index (κ2) is 15.1. The lowest BCUT2D eigenvalue weighted by molar-refractivity contribution is -0.140. The van der Waals surface area contributed by atoms with Crippen LogP contribution in [0.1, 0.15) is 24.5 Å². The molecular weight excluding hydrogens is 636 g/mol. The number of nitrogens with zero attached hydrogens (tertiary/aromatic N) is 1. The molecule has 3 N–H and O–H groups in total. The van der Waals surface area contributed by atoms with Crippen LogP contribution in [0.15, 0.2) is 76.5 Å². The van der Waals surface area contributed by atoms with Crippen molar-refractivity contribution in [3.63, 3.8) is 0 Å². The van der Waals surface area contributed by atoms with Gasteiger partial charge in [-0.05, 0) is 72.3 Å². The van der Waals surface area contributed by atoms with Gasteiger partial charge in [-0.15, -0.1) is 0 Å². The molecule has 2 aliphatic rings. The number of halogens is 1. The molecule has 11 nitrogen and oxygen atoms in total. The van der Waals surface area contributed by atoms with Crippen LogP contribution in [0.2, 0.25) is 0 Å². The summed E-state index contributed by atoms with van der Waals surface area (Å²) in [5.41, 5.74) is 1.70. The molecule has 0 saturated heterocycles. The summed E-state index contributed by atoms with van der Waals surface area (Å²) in [6.45, 7) is 3.40. The summed E-state index contributed by atoms with van der Waals surface area (Å²) in [5.74, 6) is -1.33. The molecule has 0 spiro atoms. The smallest absolute Gasteiger partial charge is 0.289 e. The first-order valence-corrected chi connectivity index (χ1v) is 17.2. The van der Waals surface area contributed by atoms with Gasteiger partial charge in [0.05, 0.1) is 4.90 Å². The predicted molar refractivity (Wildman–Crippen MR) is 169 cm³/mol. The number of ether oxygens (including phenoxy) is 2. The largest absolute Gasteiger partial charge is 0.486 e. The number of fused-ring (bicyclic) bond motifs is 2. The van der Waals surface area contributed by atoms with Gasteiger partial charge in [-0.1, -0.05) is 37.3 Å². The number of ketones is 1. The van der Waals surface area contributed by atoms with E-state index in [4.69, 9.17) is 9.47 Å². The standard InChI is InChI=1S/C32H35FN4O7S2/c1-2-37-26(18-22-19-27-28(20-29(22)45-37)44-16-15-43-27)31(39)36-25(17-21-7-4-3-5-8-21)30(38)32(40)34-13-6-14-35-46(41,42)24-11-9-23(33)10-12-24/h3-5,7-12,19-20,25-26,35H,2,6,13-18H2,1H3,(H,34,40)(H,36,39)/t25-,26?/m0/s1. The highest BCUT2D eigenvalue weighted by Crippen LogP contribution is 2.42. The Bertz CT molecular complexity index is 1670. The highest BCUT2D eigenvalue weighted by molar-refractivity contribution is 7.97. The molecule has 3 aromatic rings. The molecule has 5 rings (SSSR count). The molecule has 2 aliphatic heterocycles. The second-order valence-corrected chi connectivity index (χ2v) is 13.6. The van der Waals surface area contributed by atoms with Gasteiger partial charge < -0.3 is 20.1 Å². The minimum absolute atomic E-state index is 0.0122. The highest BCUT2D eigenvalue weighted by atomic mass is 32.2. The van der Waals surface area contributed by atoms with Gasteiger partial charge in [0.25, 0.3) is 5.91 Å². The first-order chi connectivity index (χ1) is 22.1. The number of carbonyl (C=O) groups excluding carboxylic acids is 3. The lowest BCUT2D eigenvalue weighted by Crippen LogP contribution is -2.54. The molecule has 2 heterocycles. The summed E-state index contributed by atoms with van der Waals surface area (Å²) in [7, 11) is -3.86. The van der Waals surface area contributed by atoms with Crippen molar-refractivity contribution < 1.29 is 36.7 Å². The topological polar surface area (TPSA) is 143 Å². The average molecular weight is 671 g/mol. The normalized spacial score (nSPS) is 16.6. The quantitative estimate of drug-likeness (QED) is 0.142. The Hall–Kier alpha value is -3.98. The molecule has 0 aliphatic carbocycles. The minimum Gasteiger partial charge on any atom is -0.486 e. The van der Waals surface area contributed by atoms with Crippen molar-refractivity contribution in [2.45, 2.75) is 48.1 Å². The molecule has 0 bridgehead atoms. The van der Waals surface area contributed by atoms with Crippen molar-refractivity contribution in [3.05, 3.63) is 83.7 Å². The Morgan fingerprint density at radius 1 is 1.00 bits per heavy atom. The van der Waals surface area contributed by atoms with E-state index in [0.717, 1.165) is 40.3 Å². The summed E-state index contributed by atoms with van der Waals surface area (Å²) in [5, 5.41) is 5.37. The Kier molecular flexibility index (Phi) is 10.9. The molecule has 3 aromatic carbocycles. The minimum atomic E-state index is -3.86. The number of nitrogens with one attached hydrogen (secondary N) is 3. The van der Waals surface area contributed by atoms with Gasteiger partial charge in [-0.3, -0.25) is 14.4 Å². The number of likely N-dealkylation sites (N-methyl/N-ethyl adjacent to an activating group) is 1. The summed E-state index contributed by atoms with van der Waals surface area (Å²) in [4.78, 5) is 40.9. The van der Waals surface area contributed by atoms with E-state index in [0.29, 0.717) is 37.7 Å². The number of sulfonamides is 1. The highest BCUT2D eigenvalue weighted by Gasteiger charge is 2.36. The van der Waals surface area contributed by atoms with Crippen LogP contribution in [0.4, 0.5) is 4.39 Å². The van der Waals surface area contributed by atoms with E-state index in [-0.39, 0.29) is 36.7 Å². The van der Waals surface area contributed by atoms with Crippen LogP contribution >= 0.6 is 11.9 Å². The lowest BCUT2D eigenvalue weighted by atomic mass is 9.99. The lowest BCUT2D eigenvalue weighted by Gasteiger charge is -2.35. The van der Waals surface area contributed by atoms with Gasteiger partial charge in [-0.2, -0.15) is 0 Å². The Morgan fingerprint density at radius 3 is 2.39 bits per heavy atom. The van der Waals surface area contributed by atoms with Crippen LogP contribution in [0.3, 0.4) is 0 Å². The molecule has 46 heavy (non-hydrogen) atoms. The van der Waals surface area contributed by atoms with Gasteiger partial charge in [0.1, 0.15) is 31.1 Å². The van der Waals surface area contributed by atoms with Crippen molar-refractivity contribution >= 4 is 39.6 Å². The first kappa shape index (κ1) is 33.4. The van der Waals surface area contributed by atoms with Crippen LogP contribution in [-0.2, 0) is 37.2 Å². The van der Waals surface area contributed by atoms with Crippen molar-refractivity contribution in [2.24, 2.45) is 0 Å². The molecule has 1 unspecified atom stereocenters. The zero-order chi connectivity index (χ0) is 32.7. The van der Waals surface area contributed by atoms with Gasteiger partial charge in [-0.25, -0.2) is 21.8 Å². The maximum absolute atomic E-state index is 13.7. The number of benzene rings is 3. The molecule has 2 amide bonds. The fourth-order valence-electron chi connectivity index (χ4n) is 5.13. The molecular formula is C32H35FN4O7S2. The maximum atomic E-state index is 13.7. The zero-order valence-electron chi connectivity index (χ0n) is 25.2. The number of carbonyl (C=O) groups is 3. The summed E-state index contributed by atoms with van der Waals surface area (Å²) >= 11 is 1.44. The molecule has 14 heteroatoms. The first-order valence-electron chi connectivity index (χ1n) is 14.9. The number of rotatable bonds is 13. The third kappa shape index (κ3) is 8.23. The fourth-order valence-corrected chi connectivity index (χ4v) is 7.30. The van der Waals surface area contributed by atoms with Gasteiger partial charge >= 0.3 is 0 Å². The van der Waals surface area contributed by atoms with E-state index in [9.17, 15) is 27.2 Å². The van der Waals surface area contributed by atoms with Crippen LogP contribution in [0, 0.1) is 5.82 Å². The average Bonchev–Trinajstić information content (AvgIpc) is 3.06. The van der Waals surface area contributed by atoms with E-state index >= 15 is 0 Å². The van der Waals surface area contributed by atoms with Gasteiger partial charge in [0.15, 0.2) is 11.5 Å². The van der Waals surface area contributed by atoms with Gasteiger partial charge in [0, 0.05) is 31.0 Å². The number of amides is 2. The molecule has 0 radical (unpaired) electrons. The van der Waals surface area contributed by atoms with Crippen LogP contribution in [0.5, 0.6) is 11.5 Å². The molecule has 0 saturated carbocycles. The summed E-state index contributed by atoms with van der Waals surface area (Å²) in [6, 6.07) is 15.6. The SMILES string of the molecule is CCN1Sc2cc3c(cc2CC1C(=O)N[C@@H](Cc1ccccc1)C(=O)C(=O)NCCCNS(=O)(=O)c1ccc(F)cc1)OCCO3. The van der Waals surface area contributed by atoms with E-state index in [1.165, 1.54) is 11.9 Å². The number of Topliss-reactive ketones (excluding diaryl/α,β-unsaturated/α-hetero) is 1. The Morgan fingerprint density at radius 2 is 1.70 bits per heavy atom. The van der Waals surface area contributed by atoms with Crippen LogP contribution < -0.4 is 24.8 Å². The van der Waals surface area contributed by atoms with E-state index < -0.39 is 39.6 Å². The van der Waals surface area contributed by atoms with Crippen LogP contribution in [0.25, 0.3) is 0 Å². The molecule has 2 atom stereocenters. The fraction of sp³-hybridized carbons (Fsp3) is 0.344. The summed E-state index contributed by atoms with van der Waals surface area (Å²) < 4.78 is 53.7. The maximum Gasteiger partial charge on any atom is 0.289 e. The monoisotopic (exact) mass is 670 g/mol. The second-order valence-electron chi connectivity index (χ2n) is 10.7. The Labute approximate surface area is 271 Å².